The number of hydrogen-bond donors (Lipinski definition) is 2. The van der Waals surface area contributed by atoms with E-state index < -0.39 is 23.4 Å². The van der Waals surface area contributed by atoms with Gasteiger partial charge in [0, 0.05) is 7.11 Å². The number of benzene rings is 1. The number of nitrogens with two attached hydrogens (primary N) is 1. The fraction of sp³-hybridized carbons (Fsp3) is 0.500. The van der Waals surface area contributed by atoms with Crippen LogP contribution in [-0.4, -0.2) is 12.7 Å². The Morgan fingerprint density at radius 1 is 1.28 bits per heavy atom. The highest BCUT2D eigenvalue weighted by molar-refractivity contribution is 5.29. The Balaban J connectivity index is 3.16. The smallest absolute Gasteiger partial charge is 0.377 e. The van der Waals surface area contributed by atoms with Crippen molar-refractivity contribution in [2.24, 2.45) is 5.84 Å². The average Bonchev–Trinajstić information content (AvgIpc) is 2.29. The van der Waals surface area contributed by atoms with E-state index in [1.54, 1.807) is 19.9 Å². The molecule has 0 heterocycles. The molecular weight excluding hydrogens is 245 g/mol. The fourth-order valence-electron chi connectivity index (χ4n) is 1.71. The van der Waals surface area contributed by atoms with E-state index in [1.807, 2.05) is 0 Å². The van der Waals surface area contributed by atoms with Gasteiger partial charge in [0.05, 0.1) is 17.2 Å². The predicted octanol–water partition coefficient (Wildman–Crippen LogP) is 2.63. The van der Waals surface area contributed by atoms with E-state index in [0.29, 0.717) is 5.56 Å². The van der Waals surface area contributed by atoms with Gasteiger partial charge in [-0.05, 0) is 31.5 Å². The third-order valence-electron chi connectivity index (χ3n) is 2.94. The number of nitrogens with one attached hydrogen (secondary N) is 1. The van der Waals surface area contributed by atoms with Crippen LogP contribution >= 0.6 is 0 Å². The number of methoxy groups -OCH3 is 1. The highest BCUT2D eigenvalue weighted by Gasteiger charge is 2.34. The summed E-state index contributed by atoms with van der Waals surface area (Å²) >= 11 is 0. The zero-order chi connectivity index (χ0) is 14.0. The van der Waals surface area contributed by atoms with Crippen LogP contribution in [0.25, 0.3) is 0 Å². The van der Waals surface area contributed by atoms with Crippen LogP contribution in [0.5, 0.6) is 0 Å². The van der Waals surface area contributed by atoms with Gasteiger partial charge in [0.25, 0.3) is 0 Å². The van der Waals surface area contributed by atoms with E-state index in [4.69, 9.17) is 10.6 Å². The second-order valence-corrected chi connectivity index (χ2v) is 4.53. The number of halogens is 3. The monoisotopic (exact) mass is 262 g/mol. The van der Waals surface area contributed by atoms with Crippen molar-refractivity contribution in [2.75, 3.05) is 7.11 Å². The Bertz CT molecular complexity index is 405. The van der Waals surface area contributed by atoms with Gasteiger partial charge in [0.1, 0.15) is 0 Å². The molecule has 0 spiro atoms. The average molecular weight is 262 g/mol. The summed E-state index contributed by atoms with van der Waals surface area (Å²) in [7, 11) is 1.48. The van der Waals surface area contributed by atoms with Crippen molar-refractivity contribution < 1.29 is 17.9 Å². The lowest BCUT2D eigenvalue weighted by Gasteiger charge is -2.33. The van der Waals surface area contributed by atoms with Gasteiger partial charge in [-0.3, -0.25) is 11.3 Å². The van der Waals surface area contributed by atoms with Crippen molar-refractivity contribution in [1.29, 1.82) is 0 Å². The molecule has 1 aromatic carbocycles. The quantitative estimate of drug-likeness (QED) is 0.647. The molecule has 3 N–H and O–H groups in total. The van der Waals surface area contributed by atoms with E-state index >= 15 is 0 Å². The minimum absolute atomic E-state index is 0.430. The van der Waals surface area contributed by atoms with Crippen LogP contribution < -0.4 is 11.3 Å². The molecule has 1 atom stereocenters. The first-order chi connectivity index (χ1) is 8.22. The molecule has 0 saturated carbocycles. The molecule has 6 heteroatoms. The normalized spacial score (nSPS) is 14.6. The first kappa shape index (κ1) is 14.9. The number of alkyl halides is 3. The predicted molar refractivity (Wildman–Crippen MR) is 62.6 cm³/mol. The Labute approximate surface area is 104 Å². The molecule has 0 bridgehead atoms. The molecular formula is C12H17F3N2O. The molecule has 0 radical (unpaired) electrons. The lowest BCUT2D eigenvalue weighted by atomic mass is 9.91. The summed E-state index contributed by atoms with van der Waals surface area (Å²) in [6.45, 7) is 3.50. The van der Waals surface area contributed by atoms with Gasteiger partial charge in [-0.15, -0.1) is 0 Å². The van der Waals surface area contributed by atoms with Crippen molar-refractivity contribution >= 4 is 0 Å². The molecule has 0 aliphatic heterocycles. The maximum Gasteiger partial charge on any atom is 0.416 e. The summed E-state index contributed by atoms with van der Waals surface area (Å²) in [5.74, 6) is 5.41. The topological polar surface area (TPSA) is 47.3 Å². The van der Waals surface area contributed by atoms with Crippen molar-refractivity contribution in [2.45, 2.75) is 31.7 Å². The zero-order valence-corrected chi connectivity index (χ0v) is 10.5. The number of ether oxygens (including phenoxy) is 1. The minimum atomic E-state index is -4.37. The Morgan fingerprint density at radius 2 is 1.89 bits per heavy atom. The third-order valence-corrected chi connectivity index (χ3v) is 2.94. The van der Waals surface area contributed by atoms with Gasteiger partial charge in [-0.25, -0.2) is 0 Å². The van der Waals surface area contributed by atoms with Crippen LogP contribution in [0.2, 0.25) is 0 Å². The van der Waals surface area contributed by atoms with Crippen LogP contribution in [0, 0.1) is 0 Å². The van der Waals surface area contributed by atoms with Crippen LogP contribution in [0.1, 0.15) is 31.0 Å². The summed E-state index contributed by atoms with van der Waals surface area (Å²) in [6, 6.07) is 4.50. The maximum absolute atomic E-state index is 12.6. The van der Waals surface area contributed by atoms with Gasteiger partial charge in [0.15, 0.2) is 0 Å². The van der Waals surface area contributed by atoms with E-state index in [2.05, 4.69) is 5.43 Å². The highest BCUT2D eigenvalue weighted by atomic mass is 19.4. The minimum Gasteiger partial charge on any atom is -0.377 e. The summed E-state index contributed by atoms with van der Waals surface area (Å²) in [6.07, 6.45) is -4.37. The largest absolute Gasteiger partial charge is 0.416 e. The second-order valence-electron chi connectivity index (χ2n) is 4.53. The van der Waals surface area contributed by atoms with Crippen LogP contribution in [0.4, 0.5) is 13.2 Å². The maximum atomic E-state index is 12.6. The Kier molecular flexibility index (Phi) is 4.37. The summed E-state index contributed by atoms with van der Waals surface area (Å²) < 4.78 is 43.1. The first-order valence-corrected chi connectivity index (χ1v) is 5.41. The van der Waals surface area contributed by atoms with Crippen molar-refractivity contribution in [1.82, 2.24) is 5.43 Å². The number of rotatable bonds is 4. The molecule has 0 fully saturated rings. The fourth-order valence-corrected chi connectivity index (χ4v) is 1.71. The van der Waals surface area contributed by atoms with Crippen LogP contribution in [0.15, 0.2) is 24.3 Å². The molecule has 1 aromatic rings. The molecule has 0 aliphatic rings. The lowest BCUT2D eigenvalue weighted by Crippen LogP contribution is -2.44. The molecule has 0 amide bonds. The van der Waals surface area contributed by atoms with Crippen molar-refractivity contribution in [3.63, 3.8) is 0 Å². The van der Waals surface area contributed by atoms with E-state index in [-0.39, 0.29) is 0 Å². The van der Waals surface area contributed by atoms with Gasteiger partial charge in [-0.1, -0.05) is 12.1 Å². The number of hydrogen-bond acceptors (Lipinski definition) is 3. The van der Waals surface area contributed by atoms with Crippen molar-refractivity contribution in [3.05, 3.63) is 35.4 Å². The lowest BCUT2D eigenvalue weighted by molar-refractivity contribution is -0.137. The van der Waals surface area contributed by atoms with E-state index in [9.17, 15) is 13.2 Å². The second kappa shape index (κ2) is 5.26. The zero-order valence-electron chi connectivity index (χ0n) is 10.5. The van der Waals surface area contributed by atoms with E-state index in [1.165, 1.54) is 13.2 Å². The standard InChI is InChI=1S/C12H17F3N2O/c1-11(2,18-3)10(17-16)8-5-4-6-9(7-8)12(13,14)15/h4-7,10,17H,16H2,1-3H3. The molecule has 1 unspecified atom stereocenters. The molecule has 0 aromatic heterocycles. The number of hydrazine groups is 1. The van der Waals surface area contributed by atoms with E-state index in [0.717, 1.165) is 12.1 Å². The molecule has 1 rings (SSSR count). The summed E-state index contributed by atoms with van der Waals surface area (Å²) in [4.78, 5) is 0. The summed E-state index contributed by atoms with van der Waals surface area (Å²) in [5.41, 5.74) is 1.50. The Morgan fingerprint density at radius 3 is 2.33 bits per heavy atom. The van der Waals surface area contributed by atoms with Gasteiger partial charge in [-0.2, -0.15) is 13.2 Å². The molecule has 3 nitrogen and oxygen atoms in total. The first-order valence-electron chi connectivity index (χ1n) is 5.41. The van der Waals surface area contributed by atoms with Crippen LogP contribution in [0.3, 0.4) is 0 Å². The van der Waals surface area contributed by atoms with Gasteiger partial charge < -0.3 is 4.74 Å². The molecule has 102 valence electrons. The molecule has 0 saturated heterocycles. The van der Waals surface area contributed by atoms with Crippen molar-refractivity contribution in [3.8, 4) is 0 Å². The third kappa shape index (κ3) is 3.22. The SMILES string of the molecule is COC(C)(C)C(NN)c1cccc(C(F)(F)F)c1. The molecule has 18 heavy (non-hydrogen) atoms. The molecule has 0 aliphatic carbocycles. The highest BCUT2D eigenvalue weighted by Crippen LogP contribution is 2.33. The Hall–Kier alpha value is -1.11. The van der Waals surface area contributed by atoms with Gasteiger partial charge >= 0.3 is 6.18 Å². The van der Waals surface area contributed by atoms with Gasteiger partial charge in [0.2, 0.25) is 0 Å². The summed E-state index contributed by atoms with van der Waals surface area (Å²) in [5, 5.41) is 0. The van der Waals surface area contributed by atoms with Crippen LogP contribution in [-0.2, 0) is 10.9 Å².